The van der Waals surface area contributed by atoms with Gasteiger partial charge in [0.25, 0.3) is 0 Å². The molecule has 6 heteroatoms. The average Bonchev–Trinajstić information content (AvgIpc) is 2.74. The molecule has 0 atom stereocenters. The van der Waals surface area contributed by atoms with Crippen molar-refractivity contribution in [3.8, 4) is 11.5 Å². The number of nitrogens with zero attached hydrogens (tertiary/aromatic N) is 2. The Morgan fingerprint density at radius 2 is 2.00 bits per heavy atom. The van der Waals surface area contributed by atoms with E-state index in [1.54, 1.807) is 12.1 Å². The van der Waals surface area contributed by atoms with Gasteiger partial charge in [-0.15, -0.1) is 0 Å². The number of nitrogens with one attached hydrogen (secondary N) is 1. The summed E-state index contributed by atoms with van der Waals surface area (Å²) in [4.78, 5) is 10.9. The van der Waals surface area contributed by atoms with E-state index in [2.05, 4.69) is 15.0 Å². The maximum atomic E-state index is 13.5. The van der Waals surface area contributed by atoms with Gasteiger partial charge >= 0.3 is 0 Å². The zero-order valence-corrected chi connectivity index (χ0v) is 9.11. The van der Waals surface area contributed by atoms with Crippen LogP contribution in [0.4, 0.5) is 14.5 Å². The van der Waals surface area contributed by atoms with E-state index in [0.717, 1.165) is 6.07 Å². The number of H-pyrrole nitrogens is 1. The van der Waals surface area contributed by atoms with Crippen LogP contribution in [0.25, 0.3) is 22.6 Å². The van der Waals surface area contributed by atoms with E-state index >= 15 is 0 Å². The number of aromatic amines is 1. The predicted molar refractivity (Wildman–Crippen MR) is 63.7 cm³/mol. The van der Waals surface area contributed by atoms with Crippen LogP contribution in [0.5, 0.6) is 0 Å². The molecule has 0 aliphatic rings. The molecule has 0 aliphatic carbocycles. The van der Waals surface area contributed by atoms with E-state index < -0.39 is 11.6 Å². The van der Waals surface area contributed by atoms with Crippen LogP contribution in [0.2, 0.25) is 0 Å². The van der Waals surface area contributed by atoms with E-state index in [0.29, 0.717) is 22.7 Å². The number of fused-ring (bicyclic) bond motifs is 1. The molecule has 2 aromatic heterocycles. The lowest BCUT2D eigenvalue weighted by molar-refractivity contribution is 0.591. The van der Waals surface area contributed by atoms with Gasteiger partial charge in [0.1, 0.15) is 17.0 Å². The van der Waals surface area contributed by atoms with Gasteiger partial charge in [-0.1, -0.05) is 0 Å². The molecule has 4 nitrogen and oxygen atoms in total. The monoisotopic (exact) mass is 246 g/mol. The van der Waals surface area contributed by atoms with Crippen LogP contribution in [0.15, 0.2) is 30.5 Å². The fraction of sp³-hybridized carbons (Fsp3) is 0. The number of nitrogen functional groups attached to an aromatic ring is 1. The van der Waals surface area contributed by atoms with Crippen molar-refractivity contribution < 1.29 is 8.78 Å². The van der Waals surface area contributed by atoms with Gasteiger partial charge in [-0.3, -0.25) is 4.98 Å². The zero-order chi connectivity index (χ0) is 12.7. The number of rotatable bonds is 1. The molecule has 3 rings (SSSR count). The van der Waals surface area contributed by atoms with Gasteiger partial charge in [-0.2, -0.15) is 0 Å². The van der Waals surface area contributed by atoms with Crippen LogP contribution >= 0.6 is 0 Å². The first-order valence-corrected chi connectivity index (χ1v) is 5.20. The Balaban J connectivity index is 2.19. The molecule has 90 valence electrons. The van der Waals surface area contributed by atoms with Crippen LogP contribution in [-0.4, -0.2) is 15.0 Å². The smallest absolute Gasteiger partial charge is 0.157 e. The number of aromatic nitrogens is 3. The van der Waals surface area contributed by atoms with Crippen LogP contribution in [0.1, 0.15) is 0 Å². The van der Waals surface area contributed by atoms with Gasteiger partial charge < -0.3 is 10.7 Å². The number of hydrogen-bond donors (Lipinski definition) is 2. The highest BCUT2D eigenvalue weighted by molar-refractivity contribution is 5.79. The largest absolute Gasteiger partial charge is 0.397 e. The molecule has 0 spiro atoms. The molecule has 0 fully saturated rings. The van der Waals surface area contributed by atoms with Crippen LogP contribution in [0.3, 0.4) is 0 Å². The lowest BCUT2D eigenvalue weighted by Gasteiger charge is -1.95. The summed E-state index contributed by atoms with van der Waals surface area (Å²) >= 11 is 0. The van der Waals surface area contributed by atoms with E-state index in [-0.39, 0.29) is 5.52 Å². The Kier molecular flexibility index (Phi) is 2.22. The standard InChI is InChI=1S/C12H8F2N4/c13-6-3-8(14)11-10(4-6)17-12(18-11)9-2-1-7(15)5-16-9/h1-5H,15H2,(H,17,18). The number of anilines is 1. The number of imidazole rings is 1. The first kappa shape index (κ1) is 10.6. The Bertz CT molecular complexity index is 719. The molecule has 0 amide bonds. The molecule has 0 saturated carbocycles. The second kappa shape index (κ2) is 3.76. The third kappa shape index (κ3) is 1.67. The second-order valence-electron chi connectivity index (χ2n) is 3.85. The molecule has 0 bridgehead atoms. The minimum Gasteiger partial charge on any atom is -0.397 e. The van der Waals surface area contributed by atoms with Crippen molar-refractivity contribution in [1.82, 2.24) is 15.0 Å². The van der Waals surface area contributed by atoms with Crippen molar-refractivity contribution in [2.24, 2.45) is 0 Å². The molecule has 18 heavy (non-hydrogen) atoms. The first-order valence-electron chi connectivity index (χ1n) is 5.20. The van der Waals surface area contributed by atoms with E-state index in [9.17, 15) is 8.78 Å². The molecule has 0 unspecified atom stereocenters. The second-order valence-corrected chi connectivity index (χ2v) is 3.85. The highest BCUT2D eigenvalue weighted by Crippen LogP contribution is 2.22. The van der Waals surface area contributed by atoms with Gasteiger partial charge in [0.2, 0.25) is 0 Å². The van der Waals surface area contributed by atoms with Crippen molar-refractivity contribution >= 4 is 16.7 Å². The van der Waals surface area contributed by atoms with Crippen molar-refractivity contribution in [2.45, 2.75) is 0 Å². The van der Waals surface area contributed by atoms with Crippen LogP contribution in [0, 0.1) is 11.6 Å². The summed E-state index contributed by atoms with van der Waals surface area (Å²) in [6.07, 6.45) is 1.47. The molecule has 0 aliphatic heterocycles. The van der Waals surface area contributed by atoms with E-state index in [1.165, 1.54) is 12.3 Å². The molecule has 0 radical (unpaired) electrons. The minimum absolute atomic E-state index is 0.0880. The summed E-state index contributed by atoms with van der Waals surface area (Å²) in [5.74, 6) is -0.988. The number of halogens is 2. The topological polar surface area (TPSA) is 67.6 Å². The third-order valence-corrected chi connectivity index (χ3v) is 2.53. The summed E-state index contributed by atoms with van der Waals surface area (Å²) in [6, 6.07) is 5.29. The lowest BCUT2D eigenvalue weighted by atomic mass is 10.3. The number of hydrogen-bond acceptors (Lipinski definition) is 3. The summed E-state index contributed by atoms with van der Waals surface area (Å²) < 4.78 is 26.5. The van der Waals surface area contributed by atoms with E-state index in [4.69, 9.17) is 5.73 Å². The summed E-state index contributed by atoms with van der Waals surface area (Å²) in [5, 5.41) is 0. The van der Waals surface area contributed by atoms with Gasteiger partial charge in [0.15, 0.2) is 11.6 Å². The SMILES string of the molecule is Nc1ccc(-c2nc3c(F)cc(F)cc3[nH]2)nc1. The quantitative estimate of drug-likeness (QED) is 0.693. The lowest BCUT2D eigenvalue weighted by Crippen LogP contribution is -1.89. The molecule has 1 aromatic carbocycles. The molecular weight excluding hydrogens is 238 g/mol. The van der Waals surface area contributed by atoms with Gasteiger partial charge in [-0.05, 0) is 18.2 Å². The number of benzene rings is 1. The summed E-state index contributed by atoms with van der Waals surface area (Å²) in [7, 11) is 0. The van der Waals surface area contributed by atoms with Gasteiger partial charge in [0.05, 0.1) is 17.4 Å². The maximum Gasteiger partial charge on any atom is 0.157 e. The first-order chi connectivity index (χ1) is 8.63. The minimum atomic E-state index is -0.706. The molecule has 3 N–H and O–H groups in total. The van der Waals surface area contributed by atoms with Crippen molar-refractivity contribution in [1.29, 1.82) is 0 Å². The predicted octanol–water partition coefficient (Wildman–Crippen LogP) is 2.49. The molecular formula is C12H8F2N4. The summed E-state index contributed by atoms with van der Waals surface area (Å²) in [5.41, 5.74) is 6.94. The average molecular weight is 246 g/mol. The highest BCUT2D eigenvalue weighted by atomic mass is 19.1. The molecule has 3 aromatic rings. The van der Waals surface area contributed by atoms with E-state index in [1.807, 2.05) is 0 Å². The Morgan fingerprint density at radius 1 is 1.17 bits per heavy atom. The van der Waals surface area contributed by atoms with Gasteiger partial charge in [0, 0.05) is 6.07 Å². The Morgan fingerprint density at radius 3 is 2.72 bits per heavy atom. The molecule has 2 heterocycles. The maximum absolute atomic E-state index is 13.5. The van der Waals surface area contributed by atoms with Crippen LogP contribution < -0.4 is 5.73 Å². The van der Waals surface area contributed by atoms with Gasteiger partial charge in [-0.25, -0.2) is 13.8 Å². The Labute approximate surface area is 100 Å². The van der Waals surface area contributed by atoms with Crippen molar-refractivity contribution in [2.75, 3.05) is 5.73 Å². The van der Waals surface area contributed by atoms with Crippen molar-refractivity contribution in [3.63, 3.8) is 0 Å². The highest BCUT2D eigenvalue weighted by Gasteiger charge is 2.11. The number of pyridine rings is 1. The van der Waals surface area contributed by atoms with Crippen molar-refractivity contribution in [3.05, 3.63) is 42.1 Å². The molecule has 0 saturated heterocycles. The Hall–Kier alpha value is -2.50. The normalized spacial score (nSPS) is 11.0. The summed E-state index contributed by atoms with van der Waals surface area (Å²) in [6.45, 7) is 0. The third-order valence-electron chi connectivity index (χ3n) is 2.53. The number of nitrogens with two attached hydrogens (primary N) is 1. The fourth-order valence-corrected chi connectivity index (χ4v) is 1.71. The zero-order valence-electron chi connectivity index (χ0n) is 9.11. The fourth-order valence-electron chi connectivity index (χ4n) is 1.71. The van der Waals surface area contributed by atoms with Crippen LogP contribution in [-0.2, 0) is 0 Å².